The van der Waals surface area contributed by atoms with E-state index in [-0.39, 0.29) is 5.97 Å². The molecule has 0 N–H and O–H groups in total. The molecule has 0 aliphatic heterocycles. The van der Waals surface area contributed by atoms with Crippen LogP contribution in [-0.2, 0) is 4.74 Å². The van der Waals surface area contributed by atoms with Gasteiger partial charge in [-0.05, 0) is 25.7 Å². The van der Waals surface area contributed by atoms with Crippen LogP contribution >= 0.6 is 23.1 Å². The van der Waals surface area contributed by atoms with Crippen molar-refractivity contribution in [3.8, 4) is 5.75 Å². The standard InChI is InChI=1S/C15H18O3S2/c1-4-9-18-11-8-6-7-10-12(11)15(19-3)20-13(10)14(16)17-5-2/h6-8H,4-5,9H2,1-3H3. The summed E-state index contributed by atoms with van der Waals surface area (Å²) < 4.78 is 12.0. The number of carbonyl (C=O) groups excluding carboxylic acids is 1. The van der Waals surface area contributed by atoms with Gasteiger partial charge in [-0.3, -0.25) is 0 Å². The predicted octanol–water partition coefficient (Wildman–Crippen LogP) is 4.59. The van der Waals surface area contributed by atoms with E-state index in [1.165, 1.54) is 11.3 Å². The molecule has 1 heterocycles. The summed E-state index contributed by atoms with van der Waals surface area (Å²) in [5.41, 5.74) is 0. The molecule has 0 amide bonds. The van der Waals surface area contributed by atoms with Gasteiger partial charge < -0.3 is 9.47 Å². The van der Waals surface area contributed by atoms with Gasteiger partial charge in [0.15, 0.2) is 0 Å². The highest BCUT2D eigenvalue weighted by atomic mass is 32.2. The van der Waals surface area contributed by atoms with Crippen molar-refractivity contribution in [2.24, 2.45) is 0 Å². The predicted molar refractivity (Wildman–Crippen MR) is 85.3 cm³/mol. The molecule has 0 saturated carbocycles. The van der Waals surface area contributed by atoms with Crippen molar-refractivity contribution < 1.29 is 14.3 Å². The highest BCUT2D eigenvalue weighted by molar-refractivity contribution is 8.00. The minimum atomic E-state index is -0.254. The van der Waals surface area contributed by atoms with E-state index >= 15 is 0 Å². The first-order chi connectivity index (χ1) is 9.72. The number of benzene rings is 1. The number of esters is 1. The average Bonchev–Trinajstić information content (AvgIpc) is 2.84. The maximum Gasteiger partial charge on any atom is 0.348 e. The number of rotatable bonds is 6. The summed E-state index contributed by atoms with van der Waals surface area (Å²) >= 11 is 3.11. The SMILES string of the molecule is CCCOc1cccc2c(C(=O)OCC)sc(SC)c12. The normalized spacial score (nSPS) is 10.8. The van der Waals surface area contributed by atoms with E-state index in [0.29, 0.717) is 18.1 Å². The van der Waals surface area contributed by atoms with Crippen LogP contribution in [0.15, 0.2) is 22.4 Å². The zero-order valence-electron chi connectivity index (χ0n) is 11.9. The van der Waals surface area contributed by atoms with Gasteiger partial charge >= 0.3 is 5.97 Å². The number of hydrogen-bond acceptors (Lipinski definition) is 5. The minimum Gasteiger partial charge on any atom is -0.493 e. The Morgan fingerprint density at radius 1 is 1.35 bits per heavy atom. The lowest BCUT2D eigenvalue weighted by molar-refractivity contribution is 0.0534. The number of thioether (sulfide) groups is 1. The summed E-state index contributed by atoms with van der Waals surface area (Å²) in [6, 6.07) is 5.84. The maximum atomic E-state index is 12.1. The third-order valence-electron chi connectivity index (χ3n) is 2.78. The molecule has 0 atom stereocenters. The first kappa shape index (κ1) is 15.2. The summed E-state index contributed by atoms with van der Waals surface area (Å²) in [6.07, 6.45) is 2.97. The molecule has 1 aromatic heterocycles. The molecule has 0 bridgehead atoms. The van der Waals surface area contributed by atoms with Crippen LogP contribution in [0.25, 0.3) is 10.8 Å². The Balaban J connectivity index is 2.54. The Morgan fingerprint density at radius 2 is 2.15 bits per heavy atom. The monoisotopic (exact) mass is 310 g/mol. The highest BCUT2D eigenvalue weighted by Gasteiger charge is 2.20. The summed E-state index contributed by atoms with van der Waals surface area (Å²) in [5.74, 6) is 0.593. The summed E-state index contributed by atoms with van der Waals surface area (Å²) in [4.78, 5) is 12.7. The van der Waals surface area contributed by atoms with Crippen LogP contribution in [0.5, 0.6) is 5.75 Å². The molecule has 0 saturated heterocycles. The van der Waals surface area contributed by atoms with E-state index in [0.717, 1.165) is 27.2 Å². The fraction of sp³-hybridized carbons (Fsp3) is 0.400. The van der Waals surface area contributed by atoms with Crippen LogP contribution in [0.4, 0.5) is 0 Å². The Hall–Kier alpha value is -1.20. The summed E-state index contributed by atoms with van der Waals surface area (Å²) in [6.45, 7) is 4.96. The molecule has 2 aromatic rings. The fourth-order valence-electron chi connectivity index (χ4n) is 1.95. The molecule has 0 fully saturated rings. The van der Waals surface area contributed by atoms with E-state index in [1.54, 1.807) is 11.8 Å². The van der Waals surface area contributed by atoms with Crippen molar-refractivity contribution in [2.75, 3.05) is 19.5 Å². The largest absolute Gasteiger partial charge is 0.493 e. The lowest BCUT2D eigenvalue weighted by atomic mass is 10.1. The van der Waals surface area contributed by atoms with Crippen molar-refractivity contribution in [1.29, 1.82) is 0 Å². The van der Waals surface area contributed by atoms with E-state index in [4.69, 9.17) is 9.47 Å². The second-order valence-electron chi connectivity index (χ2n) is 4.17. The van der Waals surface area contributed by atoms with E-state index in [1.807, 2.05) is 31.4 Å². The van der Waals surface area contributed by atoms with Gasteiger partial charge in [-0.25, -0.2) is 4.79 Å². The molecular weight excluding hydrogens is 292 g/mol. The number of hydrogen-bond donors (Lipinski definition) is 0. The van der Waals surface area contributed by atoms with Crippen LogP contribution in [-0.4, -0.2) is 25.4 Å². The highest BCUT2D eigenvalue weighted by Crippen LogP contribution is 2.42. The van der Waals surface area contributed by atoms with Crippen LogP contribution in [0.3, 0.4) is 0 Å². The van der Waals surface area contributed by atoms with E-state index < -0.39 is 0 Å². The van der Waals surface area contributed by atoms with Gasteiger partial charge in [-0.1, -0.05) is 19.1 Å². The molecule has 0 unspecified atom stereocenters. The molecule has 5 heteroatoms. The molecule has 0 aliphatic carbocycles. The minimum absolute atomic E-state index is 0.254. The number of carbonyl (C=O) groups is 1. The quantitative estimate of drug-likeness (QED) is 0.577. The van der Waals surface area contributed by atoms with Crippen molar-refractivity contribution in [3.05, 3.63) is 23.1 Å². The van der Waals surface area contributed by atoms with Gasteiger partial charge in [0.05, 0.1) is 17.4 Å². The van der Waals surface area contributed by atoms with Crippen LogP contribution in [0.1, 0.15) is 29.9 Å². The molecule has 108 valence electrons. The smallest absolute Gasteiger partial charge is 0.348 e. The lowest BCUT2D eigenvalue weighted by Gasteiger charge is -2.07. The first-order valence-corrected chi connectivity index (χ1v) is 8.66. The lowest BCUT2D eigenvalue weighted by Crippen LogP contribution is -2.02. The summed E-state index contributed by atoms with van der Waals surface area (Å²) in [5, 5.41) is 1.95. The number of fused-ring (bicyclic) bond motifs is 1. The maximum absolute atomic E-state index is 12.1. The zero-order chi connectivity index (χ0) is 14.5. The number of ether oxygens (including phenoxy) is 2. The molecule has 2 rings (SSSR count). The van der Waals surface area contributed by atoms with Gasteiger partial charge in [-0.2, -0.15) is 0 Å². The number of thiophene rings is 1. The molecule has 1 aromatic carbocycles. The van der Waals surface area contributed by atoms with E-state index in [2.05, 4.69) is 6.92 Å². The molecule has 20 heavy (non-hydrogen) atoms. The Kier molecular flexibility index (Phi) is 5.31. The van der Waals surface area contributed by atoms with E-state index in [9.17, 15) is 4.79 Å². The van der Waals surface area contributed by atoms with Crippen molar-refractivity contribution >= 4 is 39.8 Å². The third kappa shape index (κ3) is 2.94. The van der Waals surface area contributed by atoms with Gasteiger partial charge in [-0.15, -0.1) is 23.1 Å². The molecule has 3 nitrogen and oxygen atoms in total. The van der Waals surface area contributed by atoms with Gasteiger partial charge in [0.25, 0.3) is 0 Å². The summed E-state index contributed by atoms with van der Waals surface area (Å²) in [7, 11) is 0. The Bertz CT molecular complexity index is 604. The first-order valence-electron chi connectivity index (χ1n) is 6.62. The average molecular weight is 310 g/mol. The second kappa shape index (κ2) is 6.99. The fourth-order valence-corrected chi connectivity index (χ4v) is 3.87. The second-order valence-corrected chi connectivity index (χ2v) is 6.27. The van der Waals surface area contributed by atoms with Crippen LogP contribution in [0.2, 0.25) is 0 Å². The van der Waals surface area contributed by atoms with Crippen LogP contribution in [0, 0.1) is 0 Å². The van der Waals surface area contributed by atoms with Gasteiger partial charge in [0, 0.05) is 10.8 Å². The van der Waals surface area contributed by atoms with Crippen LogP contribution < -0.4 is 4.74 Å². The molecule has 0 spiro atoms. The Labute approximate surface area is 127 Å². The third-order valence-corrected chi connectivity index (χ3v) is 5.08. The molecule has 0 radical (unpaired) electrons. The van der Waals surface area contributed by atoms with Crippen molar-refractivity contribution in [2.45, 2.75) is 24.5 Å². The molecule has 0 aliphatic rings. The Morgan fingerprint density at radius 3 is 2.80 bits per heavy atom. The molecular formula is C15H18O3S2. The van der Waals surface area contributed by atoms with Gasteiger partial charge in [0.1, 0.15) is 10.6 Å². The van der Waals surface area contributed by atoms with Crippen molar-refractivity contribution in [1.82, 2.24) is 0 Å². The van der Waals surface area contributed by atoms with Gasteiger partial charge in [0.2, 0.25) is 0 Å². The topological polar surface area (TPSA) is 35.5 Å². The zero-order valence-corrected chi connectivity index (χ0v) is 13.5. The van der Waals surface area contributed by atoms with Crippen molar-refractivity contribution in [3.63, 3.8) is 0 Å².